The van der Waals surface area contributed by atoms with E-state index in [4.69, 9.17) is 0 Å². The van der Waals surface area contributed by atoms with Crippen LogP contribution in [0.15, 0.2) is 23.1 Å². The van der Waals surface area contributed by atoms with Crippen LogP contribution in [0.1, 0.15) is 25.8 Å². The first-order valence-electron chi connectivity index (χ1n) is 5.39. The maximum atomic E-state index is 9.86. The monoisotopic (exact) mass is 292 g/mol. The van der Waals surface area contributed by atoms with Crippen LogP contribution in [0.25, 0.3) is 10.9 Å². The number of nitrogens with one attached hydrogen (secondary N) is 1. The van der Waals surface area contributed by atoms with Crippen LogP contribution in [0, 0.1) is 11.8 Å². The number of rotatable bonds is 1. The molecule has 0 saturated heterocycles. The van der Waals surface area contributed by atoms with Gasteiger partial charge in [0.2, 0.25) is 0 Å². The second kappa shape index (κ2) is 4.52. The maximum absolute atomic E-state index is 9.86. The third-order valence-corrected chi connectivity index (χ3v) is 3.30. The van der Waals surface area contributed by atoms with Crippen molar-refractivity contribution in [3.63, 3.8) is 0 Å². The minimum atomic E-state index is -0.941. The van der Waals surface area contributed by atoms with Crippen molar-refractivity contribution in [3.05, 3.63) is 28.6 Å². The number of pyridine rings is 1. The molecule has 0 saturated carbocycles. The van der Waals surface area contributed by atoms with Crippen LogP contribution in [-0.4, -0.2) is 20.7 Å². The molecule has 88 valence electrons. The van der Waals surface area contributed by atoms with E-state index in [9.17, 15) is 5.11 Å². The minimum absolute atomic E-state index is 0.602. The molecule has 4 heteroatoms. The van der Waals surface area contributed by atoms with Crippen LogP contribution in [0.5, 0.6) is 0 Å². The normalized spacial score (nSPS) is 14.1. The van der Waals surface area contributed by atoms with Gasteiger partial charge in [0.05, 0.1) is 17.3 Å². The predicted molar refractivity (Wildman–Crippen MR) is 71.6 cm³/mol. The van der Waals surface area contributed by atoms with Crippen molar-refractivity contribution < 1.29 is 5.11 Å². The Balaban J connectivity index is 2.51. The van der Waals surface area contributed by atoms with Crippen molar-refractivity contribution in [1.82, 2.24) is 9.97 Å². The Hall–Kier alpha value is -1.31. The van der Waals surface area contributed by atoms with Crippen LogP contribution in [0.4, 0.5) is 0 Å². The van der Waals surface area contributed by atoms with E-state index >= 15 is 0 Å². The summed E-state index contributed by atoms with van der Waals surface area (Å²) >= 11 is 3.45. The third-order valence-electron chi connectivity index (χ3n) is 2.70. The van der Waals surface area contributed by atoms with Gasteiger partial charge < -0.3 is 10.1 Å². The fourth-order valence-electron chi connectivity index (χ4n) is 1.43. The van der Waals surface area contributed by atoms with Crippen LogP contribution >= 0.6 is 15.9 Å². The molecular formula is C13H13BrN2O. The predicted octanol–water partition coefficient (Wildman–Crippen LogP) is 2.84. The fourth-order valence-corrected chi connectivity index (χ4v) is 1.97. The molecule has 3 nitrogen and oxygen atoms in total. The Morgan fingerprint density at radius 1 is 1.53 bits per heavy atom. The Bertz CT molecular complexity index is 605. The summed E-state index contributed by atoms with van der Waals surface area (Å²) in [6, 6.07) is 0. The summed E-state index contributed by atoms with van der Waals surface area (Å²) < 4.78 is 0.900. The highest BCUT2D eigenvalue weighted by Crippen LogP contribution is 2.25. The highest BCUT2D eigenvalue weighted by molar-refractivity contribution is 9.10. The molecule has 2 heterocycles. The zero-order valence-corrected chi connectivity index (χ0v) is 11.3. The second-order valence-electron chi connectivity index (χ2n) is 4.12. The lowest BCUT2D eigenvalue weighted by Gasteiger charge is -2.11. The van der Waals surface area contributed by atoms with Gasteiger partial charge in [-0.2, -0.15) is 0 Å². The Morgan fingerprint density at radius 3 is 3.00 bits per heavy atom. The second-order valence-corrected chi connectivity index (χ2v) is 4.98. The highest BCUT2D eigenvalue weighted by atomic mass is 79.9. The number of hydrogen-bond donors (Lipinski definition) is 2. The smallest absolute Gasteiger partial charge is 0.122 e. The number of H-pyrrole nitrogens is 1. The molecule has 1 unspecified atom stereocenters. The van der Waals surface area contributed by atoms with Crippen molar-refractivity contribution in [3.8, 4) is 11.8 Å². The standard InChI is InChI=1S/C13H13BrN2O/c1-3-13(2,17)5-4-9-6-16-11-8-15-7-10(14)12(9)11/h6-8,16-17H,3H2,1-2H3. The SMILES string of the molecule is CCC(C)(O)C#Cc1c[nH]c2cncc(Br)c12. The Labute approximate surface area is 108 Å². The van der Waals surface area contributed by atoms with Gasteiger partial charge in [-0.25, -0.2) is 0 Å². The number of aromatic amines is 1. The fraction of sp³-hybridized carbons (Fsp3) is 0.308. The van der Waals surface area contributed by atoms with Gasteiger partial charge >= 0.3 is 0 Å². The topological polar surface area (TPSA) is 48.9 Å². The summed E-state index contributed by atoms with van der Waals surface area (Å²) in [6.45, 7) is 3.62. The van der Waals surface area contributed by atoms with Gasteiger partial charge in [-0.05, 0) is 29.3 Å². The maximum Gasteiger partial charge on any atom is 0.122 e. The molecule has 17 heavy (non-hydrogen) atoms. The number of fused-ring (bicyclic) bond motifs is 1. The molecule has 0 aliphatic rings. The van der Waals surface area contributed by atoms with E-state index in [1.165, 1.54) is 0 Å². The zero-order chi connectivity index (χ0) is 12.5. The molecule has 2 rings (SSSR count). The number of aliphatic hydroxyl groups is 1. The van der Waals surface area contributed by atoms with E-state index in [1.54, 1.807) is 19.3 Å². The number of aromatic nitrogens is 2. The van der Waals surface area contributed by atoms with E-state index in [0.29, 0.717) is 6.42 Å². The number of hydrogen-bond acceptors (Lipinski definition) is 2. The lowest BCUT2D eigenvalue weighted by molar-refractivity contribution is 0.118. The molecular weight excluding hydrogens is 280 g/mol. The molecule has 0 spiro atoms. The molecule has 1 atom stereocenters. The summed E-state index contributed by atoms with van der Waals surface area (Å²) in [4.78, 5) is 7.18. The molecule has 0 aliphatic carbocycles. The first-order chi connectivity index (χ1) is 8.03. The minimum Gasteiger partial charge on any atom is -0.378 e. The lowest BCUT2D eigenvalue weighted by Crippen LogP contribution is -2.19. The quantitative estimate of drug-likeness (QED) is 0.794. The van der Waals surface area contributed by atoms with Crippen molar-refractivity contribution >= 4 is 26.8 Å². The van der Waals surface area contributed by atoms with Gasteiger partial charge in [0.15, 0.2) is 0 Å². The van der Waals surface area contributed by atoms with Crippen molar-refractivity contribution in [2.45, 2.75) is 25.9 Å². The highest BCUT2D eigenvalue weighted by Gasteiger charge is 2.13. The third kappa shape index (κ3) is 2.51. The van der Waals surface area contributed by atoms with Crippen LogP contribution < -0.4 is 0 Å². The van der Waals surface area contributed by atoms with Crippen molar-refractivity contribution in [2.75, 3.05) is 0 Å². The van der Waals surface area contributed by atoms with Crippen molar-refractivity contribution in [1.29, 1.82) is 0 Å². The Morgan fingerprint density at radius 2 is 2.29 bits per heavy atom. The van der Waals surface area contributed by atoms with Gasteiger partial charge in [0.25, 0.3) is 0 Å². The lowest BCUT2D eigenvalue weighted by atomic mass is 10.0. The molecule has 0 bridgehead atoms. The molecule has 0 amide bonds. The first-order valence-corrected chi connectivity index (χ1v) is 6.19. The molecule has 2 N–H and O–H groups in total. The van der Waals surface area contributed by atoms with E-state index in [-0.39, 0.29) is 0 Å². The molecule has 0 radical (unpaired) electrons. The summed E-state index contributed by atoms with van der Waals surface area (Å²) in [5.74, 6) is 5.89. The molecule has 2 aromatic heterocycles. The van der Waals surface area contributed by atoms with Gasteiger partial charge in [-0.15, -0.1) is 0 Å². The number of halogens is 1. The average Bonchev–Trinajstić information content (AvgIpc) is 2.71. The summed E-state index contributed by atoms with van der Waals surface area (Å²) in [5, 5.41) is 10.9. The molecule has 0 aromatic carbocycles. The average molecular weight is 293 g/mol. The first kappa shape index (κ1) is 12.2. The summed E-state index contributed by atoms with van der Waals surface area (Å²) in [5.41, 5.74) is 0.853. The summed E-state index contributed by atoms with van der Waals surface area (Å²) in [6.07, 6.45) is 5.92. The molecule has 0 aliphatic heterocycles. The van der Waals surface area contributed by atoms with Gasteiger partial charge in [0, 0.05) is 22.3 Å². The van der Waals surface area contributed by atoms with E-state index in [0.717, 1.165) is 20.9 Å². The number of nitrogens with zero attached hydrogens (tertiary/aromatic N) is 1. The van der Waals surface area contributed by atoms with E-state index in [2.05, 4.69) is 37.7 Å². The molecule has 2 aromatic rings. The van der Waals surface area contributed by atoms with Crippen LogP contribution in [0.3, 0.4) is 0 Å². The van der Waals surface area contributed by atoms with Gasteiger partial charge in [0.1, 0.15) is 5.60 Å². The van der Waals surface area contributed by atoms with E-state index < -0.39 is 5.60 Å². The Kier molecular flexibility index (Phi) is 3.23. The largest absolute Gasteiger partial charge is 0.378 e. The van der Waals surface area contributed by atoms with Crippen molar-refractivity contribution in [2.24, 2.45) is 0 Å². The van der Waals surface area contributed by atoms with E-state index in [1.807, 2.05) is 13.1 Å². The van der Waals surface area contributed by atoms with Gasteiger partial charge in [-0.3, -0.25) is 4.98 Å². The molecule has 0 fully saturated rings. The van der Waals surface area contributed by atoms with Crippen LogP contribution in [0.2, 0.25) is 0 Å². The zero-order valence-electron chi connectivity index (χ0n) is 9.71. The van der Waals surface area contributed by atoms with Crippen LogP contribution in [-0.2, 0) is 0 Å². The summed E-state index contributed by atoms with van der Waals surface area (Å²) in [7, 11) is 0. The van der Waals surface area contributed by atoms with Gasteiger partial charge in [-0.1, -0.05) is 18.8 Å².